The lowest BCUT2D eigenvalue weighted by Gasteiger charge is -2.09. The number of hydrogen-bond acceptors (Lipinski definition) is 3. The maximum atomic E-state index is 12.3. The van der Waals surface area contributed by atoms with E-state index < -0.39 is 0 Å². The molecule has 0 bridgehead atoms. The lowest BCUT2D eigenvalue weighted by atomic mass is 10.00. The SMILES string of the molecule is O=C(c1nc2ccccc2cc1Br)C1CCOC1. The molecular weight excluding hydrogens is 294 g/mol. The first-order valence-corrected chi connectivity index (χ1v) is 6.72. The number of benzene rings is 1. The highest BCUT2D eigenvalue weighted by Crippen LogP contribution is 2.26. The first-order chi connectivity index (χ1) is 8.75. The van der Waals surface area contributed by atoms with Gasteiger partial charge >= 0.3 is 0 Å². The average molecular weight is 306 g/mol. The van der Waals surface area contributed by atoms with Crippen molar-refractivity contribution in [1.29, 1.82) is 0 Å². The fourth-order valence-corrected chi connectivity index (χ4v) is 2.73. The molecule has 2 aromatic rings. The molecule has 0 N–H and O–H groups in total. The molecule has 0 aliphatic carbocycles. The van der Waals surface area contributed by atoms with E-state index in [1.165, 1.54) is 0 Å². The Kier molecular flexibility index (Phi) is 3.14. The highest BCUT2D eigenvalue weighted by Gasteiger charge is 2.27. The number of hydrogen-bond donors (Lipinski definition) is 0. The Bertz CT molecular complexity index is 606. The zero-order valence-corrected chi connectivity index (χ0v) is 11.3. The van der Waals surface area contributed by atoms with Gasteiger partial charge in [-0.15, -0.1) is 0 Å². The van der Waals surface area contributed by atoms with Gasteiger partial charge in [-0.25, -0.2) is 4.98 Å². The van der Waals surface area contributed by atoms with Gasteiger partial charge in [0.15, 0.2) is 5.78 Å². The van der Waals surface area contributed by atoms with Crippen LogP contribution in [-0.2, 0) is 4.74 Å². The zero-order chi connectivity index (χ0) is 12.5. The average Bonchev–Trinajstić information content (AvgIpc) is 2.91. The normalized spacial score (nSPS) is 19.3. The van der Waals surface area contributed by atoms with Gasteiger partial charge in [-0.1, -0.05) is 18.2 Å². The minimum atomic E-state index is -0.0463. The first kappa shape index (κ1) is 11.8. The maximum absolute atomic E-state index is 12.3. The second kappa shape index (κ2) is 4.78. The molecular formula is C14H12BrNO2. The summed E-state index contributed by atoms with van der Waals surface area (Å²) in [5, 5.41) is 1.03. The van der Waals surface area contributed by atoms with Crippen molar-refractivity contribution in [1.82, 2.24) is 4.98 Å². The molecule has 1 unspecified atom stereocenters. The molecule has 18 heavy (non-hydrogen) atoms. The summed E-state index contributed by atoms with van der Waals surface area (Å²) in [5.74, 6) is 0.0279. The summed E-state index contributed by atoms with van der Waals surface area (Å²) in [5.41, 5.74) is 1.37. The number of nitrogens with zero attached hydrogens (tertiary/aromatic N) is 1. The molecule has 1 aromatic heterocycles. The molecule has 1 aromatic carbocycles. The molecule has 2 heterocycles. The number of ether oxygens (including phenoxy) is 1. The molecule has 1 atom stereocenters. The maximum Gasteiger partial charge on any atom is 0.187 e. The number of pyridine rings is 1. The summed E-state index contributed by atoms with van der Waals surface area (Å²) >= 11 is 3.44. The molecule has 4 heteroatoms. The van der Waals surface area contributed by atoms with Gasteiger partial charge in [0.2, 0.25) is 0 Å². The second-order valence-electron chi connectivity index (χ2n) is 4.44. The van der Waals surface area contributed by atoms with E-state index in [-0.39, 0.29) is 11.7 Å². The summed E-state index contributed by atoms with van der Waals surface area (Å²) in [6.07, 6.45) is 0.791. The number of aromatic nitrogens is 1. The summed E-state index contributed by atoms with van der Waals surface area (Å²) in [6.45, 7) is 1.18. The number of Topliss-reactive ketones (excluding diaryl/α,β-unsaturated/α-hetero) is 1. The van der Waals surface area contributed by atoms with E-state index in [1.54, 1.807) is 0 Å². The molecule has 3 nitrogen and oxygen atoms in total. The van der Waals surface area contributed by atoms with Crippen molar-refractivity contribution in [3.05, 3.63) is 40.5 Å². The van der Waals surface area contributed by atoms with Gasteiger partial charge in [0, 0.05) is 22.4 Å². The van der Waals surface area contributed by atoms with Crippen LogP contribution in [0.15, 0.2) is 34.8 Å². The number of fused-ring (bicyclic) bond motifs is 1. The van der Waals surface area contributed by atoms with Crippen molar-refractivity contribution in [3.8, 4) is 0 Å². The summed E-state index contributed by atoms with van der Waals surface area (Å²) in [4.78, 5) is 16.8. The number of rotatable bonds is 2. The Labute approximate surface area is 113 Å². The molecule has 3 rings (SSSR count). The number of carbonyl (C=O) groups excluding carboxylic acids is 1. The fraction of sp³-hybridized carbons (Fsp3) is 0.286. The van der Waals surface area contributed by atoms with Crippen molar-refractivity contribution in [2.75, 3.05) is 13.2 Å². The van der Waals surface area contributed by atoms with Crippen LogP contribution in [0.1, 0.15) is 16.9 Å². The van der Waals surface area contributed by atoms with Gasteiger partial charge in [-0.2, -0.15) is 0 Å². The van der Waals surface area contributed by atoms with Crippen LogP contribution >= 0.6 is 15.9 Å². The van der Waals surface area contributed by atoms with Gasteiger partial charge in [0.25, 0.3) is 0 Å². The Hall–Kier alpha value is -1.26. The Morgan fingerprint density at radius 3 is 3.00 bits per heavy atom. The predicted octanol–water partition coefficient (Wildman–Crippen LogP) is 3.22. The summed E-state index contributed by atoms with van der Waals surface area (Å²) in [6, 6.07) is 9.74. The number of halogens is 1. The topological polar surface area (TPSA) is 39.2 Å². The summed E-state index contributed by atoms with van der Waals surface area (Å²) in [7, 11) is 0. The Morgan fingerprint density at radius 2 is 2.22 bits per heavy atom. The molecule has 0 amide bonds. The molecule has 0 spiro atoms. The third-order valence-corrected chi connectivity index (χ3v) is 3.82. The highest BCUT2D eigenvalue weighted by atomic mass is 79.9. The minimum absolute atomic E-state index is 0.0463. The fourth-order valence-electron chi connectivity index (χ4n) is 2.20. The number of carbonyl (C=O) groups is 1. The smallest absolute Gasteiger partial charge is 0.187 e. The van der Waals surface area contributed by atoms with E-state index in [0.717, 1.165) is 21.8 Å². The van der Waals surface area contributed by atoms with Crippen molar-refractivity contribution in [2.45, 2.75) is 6.42 Å². The van der Waals surface area contributed by atoms with Crippen LogP contribution in [0.2, 0.25) is 0 Å². The largest absolute Gasteiger partial charge is 0.381 e. The van der Waals surface area contributed by atoms with Gasteiger partial charge < -0.3 is 4.74 Å². The molecule has 0 saturated carbocycles. The van der Waals surface area contributed by atoms with Gasteiger partial charge in [-0.05, 0) is 34.5 Å². The monoisotopic (exact) mass is 305 g/mol. The lowest BCUT2D eigenvalue weighted by Crippen LogP contribution is -2.16. The van der Waals surface area contributed by atoms with Crippen LogP contribution in [0.3, 0.4) is 0 Å². The standard InChI is InChI=1S/C14H12BrNO2/c15-11-7-9-3-1-2-4-12(9)16-13(11)14(17)10-5-6-18-8-10/h1-4,7,10H,5-6,8H2. The highest BCUT2D eigenvalue weighted by molar-refractivity contribution is 9.10. The van der Waals surface area contributed by atoms with E-state index in [0.29, 0.717) is 18.9 Å². The lowest BCUT2D eigenvalue weighted by molar-refractivity contribution is 0.0894. The quantitative estimate of drug-likeness (QED) is 0.800. The van der Waals surface area contributed by atoms with Crippen molar-refractivity contribution < 1.29 is 9.53 Å². The first-order valence-electron chi connectivity index (χ1n) is 5.93. The molecule has 92 valence electrons. The van der Waals surface area contributed by atoms with Crippen molar-refractivity contribution >= 4 is 32.6 Å². The third-order valence-electron chi connectivity index (χ3n) is 3.21. The van der Waals surface area contributed by atoms with E-state index in [2.05, 4.69) is 20.9 Å². The Morgan fingerprint density at radius 1 is 1.39 bits per heavy atom. The number of para-hydroxylation sites is 1. The van der Waals surface area contributed by atoms with Gasteiger partial charge in [0.05, 0.1) is 12.1 Å². The zero-order valence-electron chi connectivity index (χ0n) is 9.73. The molecule has 1 fully saturated rings. The van der Waals surface area contributed by atoms with E-state index in [4.69, 9.17) is 4.74 Å². The third kappa shape index (κ3) is 2.06. The number of ketones is 1. The minimum Gasteiger partial charge on any atom is -0.381 e. The Balaban J connectivity index is 2.05. The van der Waals surface area contributed by atoms with E-state index in [9.17, 15) is 4.79 Å². The van der Waals surface area contributed by atoms with Crippen LogP contribution in [0.5, 0.6) is 0 Å². The van der Waals surface area contributed by atoms with E-state index in [1.807, 2.05) is 30.3 Å². The van der Waals surface area contributed by atoms with Crippen LogP contribution in [0, 0.1) is 5.92 Å². The molecule has 1 aliphatic heterocycles. The van der Waals surface area contributed by atoms with Crippen LogP contribution in [-0.4, -0.2) is 24.0 Å². The van der Waals surface area contributed by atoms with Crippen LogP contribution in [0.4, 0.5) is 0 Å². The second-order valence-corrected chi connectivity index (χ2v) is 5.29. The van der Waals surface area contributed by atoms with Crippen molar-refractivity contribution in [2.24, 2.45) is 5.92 Å². The van der Waals surface area contributed by atoms with Gasteiger partial charge in [0.1, 0.15) is 5.69 Å². The molecule has 1 aliphatic rings. The summed E-state index contributed by atoms with van der Waals surface area (Å²) < 4.78 is 6.03. The van der Waals surface area contributed by atoms with Crippen LogP contribution in [0.25, 0.3) is 10.9 Å². The van der Waals surface area contributed by atoms with Gasteiger partial charge in [-0.3, -0.25) is 4.79 Å². The van der Waals surface area contributed by atoms with E-state index >= 15 is 0 Å². The van der Waals surface area contributed by atoms with Crippen LogP contribution < -0.4 is 0 Å². The predicted molar refractivity (Wildman–Crippen MR) is 72.7 cm³/mol. The van der Waals surface area contributed by atoms with Crippen molar-refractivity contribution in [3.63, 3.8) is 0 Å². The molecule has 0 radical (unpaired) electrons. The molecule has 1 saturated heterocycles.